The van der Waals surface area contributed by atoms with Crippen LogP contribution in [0.1, 0.15) is 0 Å². The van der Waals surface area contributed by atoms with Gasteiger partial charge in [-0.15, -0.1) is 18.3 Å². The van der Waals surface area contributed by atoms with E-state index in [1.165, 1.54) is 22.8 Å². The second-order valence-corrected chi connectivity index (χ2v) is 7.01. The number of alkyl halides is 3. The Hall–Kier alpha value is -2.18. The van der Waals surface area contributed by atoms with Crippen molar-refractivity contribution in [1.82, 2.24) is 14.6 Å². The van der Waals surface area contributed by atoms with Gasteiger partial charge in [0.15, 0.2) is 0 Å². The van der Waals surface area contributed by atoms with E-state index in [4.69, 9.17) is 5.14 Å². The number of nitrogens with zero attached hydrogens (tertiary/aromatic N) is 3. The van der Waals surface area contributed by atoms with E-state index >= 15 is 0 Å². The lowest BCUT2D eigenvalue weighted by molar-refractivity contribution is -0.274. The molecule has 3 rings (SSSR count). The molecule has 2 heterocycles. The fourth-order valence-electron chi connectivity index (χ4n) is 1.81. The lowest BCUT2D eigenvalue weighted by atomic mass is 10.2. The molecule has 23 heavy (non-hydrogen) atoms. The van der Waals surface area contributed by atoms with Crippen LogP contribution < -0.4 is 9.88 Å². The topological polar surface area (TPSA) is 99.6 Å². The van der Waals surface area contributed by atoms with Gasteiger partial charge in [0.1, 0.15) is 5.75 Å². The van der Waals surface area contributed by atoms with Crippen LogP contribution in [-0.2, 0) is 10.0 Å². The minimum absolute atomic E-state index is 0.291. The van der Waals surface area contributed by atoms with Crippen LogP contribution in [0, 0.1) is 0 Å². The summed E-state index contributed by atoms with van der Waals surface area (Å²) in [5.74, 6) is -0.370. The number of rotatable bonds is 3. The van der Waals surface area contributed by atoms with Crippen LogP contribution in [0.3, 0.4) is 0 Å². The van der Waals surface area contributed by atoms with Crippen molar-refractivity contribution in [3.63, 3.8) is 0 Å². The summed E-state index contributed by atoms with van der Waals surface area (Å²) in [5.41, 5.74) is 0.892. The average molecular weight is 364 g/mol. The molecule has 122 valence electrons. The lowest BCUT2D eigenvalue weighted by Crippen LogP contribution is -2.16. The Bertz CT molecular complexity index is 961. The molecule has 3 aromatic rings. The van der Waals surface area contributed by atoms with Gasteiger partial charge in [0.25, 0.3) is 10.0 Å². The number of aromatic nitrogens is 3. The normalized spacial score (nSPS) is 12.7. The molecule has 2 aromatic heterocycles. The quantitative estimate of drug-likeness (QED) is 0.766. The molecule has 0 amide bonds. The van der Waals surface area contributed by atoms with Gasteiger partial charge >= 0.3 is 6.36 Å². The Morgan fingerprint density at radius 3 is 2.43 bits per heavy atom. The van der Waals surface area contributed by atoms with Crippen molar-refractivity contribution in [3.05, 3.63) is 30.5 Å². The molecule has 0 unspecified atom stereocenters. The molecule has 0 radical (unpaired) electrons. The molecule has 0 saturated heterocycles. The van der Waals surface area contributed by atoms with Gasteiger partial charge in [0.2, 0.25) is 9.30 Å². The molecule has 2 N–H and O–H groups in total. The number of hydrogen-bond donors (Lipinski definition) is 1. The number of hydrogen-bond acceptors (Lipinski definition) is 6. The summed E-state index contributed by atoms with van der Waals surface area (Å²) in [6.07, 6.45) is -3.35. The Morgan fingerprint density at radius 2 is 1.87 bits per heavy atom. The van der Waals surface area contributed by atoms with Gasteiger partial charge < -0.3 is 4.74 Å². The third kappa shape index (κ3) is 3.28. The number of fused-ring (bicyclic) bond motifs is 1. The first-order valence-corrected chi connectivity index (χ1v) is 8.23. The zero-order valence-electron chi connectivity index (χ0n) is 11.0. The maximum absolute atomic E-state index is 12.1. The fraction of sp³-hybridized carbons (Fsp3) is 0.0909. The van der Waals surface area contributed by atoms with E-state index in [1.807, 2.05) is 0 Å². The number of sulfonamides is 1. The summed E-state index contributed by atoms with van der Waals surface area (Å²) < 4.78 is 63.7. The summed E-state index contributed by atoms with van der Waals surface area (Å²) in [7, 11) is -3.96. The predicted molar refractivity (Wildman–Crippen MR) is 74.4 cm³/mol. The second-order valence-electron chi connectivity index (χ2n) is 4.32. The molecule has 7 nitrogen and oxygen atoms in total. The van der Waals surface area contributed by atoms with Crippen LogP contribution in [0.5, 0.6) is 5.75 Å². The highest BCUT2D eigenvalue weighted by atomic mass is 32.2. The Morgan fingerprint density at radius 1 is 1.22 bits per heavy atom. The van der Waals surface area contributed by atoms with Crippen molar-refractivity contribution in [3.8, 4) is 17.0 Å². The van der Waals surface area contributed by atoms with Crippen molar-refractivity contribution >= 4 is 26.3 Å². The highest BCUT2D eigenvalue weighted by molar-refractivity contribution is 7.91. The van der Waals surface area contributed by atoms with Crippen molar-refractivity contribution < 1.29 is 26.3 Å². The van der Waals surface area contributed by atoms with Gasteiger partial charge in [-0.05, 0) is 24.3 Å². The maximum Gasteiger partial charge on any atom is 0.573 e. The van der Waals surface area contributed by atoms with Gasteiger partial charge in [-0.1, -0.05) is 11.3 Å². The number of nitrogens with two attached hydrogens (primary N) is 1. The molecule has 0 spiro atoms. The van der Waals surface area contributed by atoms with Crippen LogP contribution >= 0.6 is 11.3 Å². The summed E-state index contributed by atoms with van der Waals surface area (Å²) in [6, 6.07) is 5.02. The van der Waals surface area contributed by atoms with Gasteiger partial charge in [-0.2, -0.15) is 0 Å². The minimum Gasteiger partial charge on any atom is -0.406 e. The fourth-order valence-corrected chi connectivity index (χ4v) is 3.31. The summed E-state index contributed by atoms with van der Waals surface area (Å²) >= 11 is 0.785. The lowest BCUT2D eigenvalue weighted by Gasteiger charge is -2.08. The molecule has 0 saturated carbocycles. The first kappa shape index (κ1) is 15.7. The van der Waals surface area contributed by atoms with Crippen molar-refractivity contribution in [2.75, 3.05) is 0 Å². The minimum atomic E-state index is -4.77. The highest BCUT2D eigenvalue weighted by Crippen LogP contribution is 2.28. The van der Waals surface area contributed by atoms with Crippen LogP contribution in [0.4, 0.5) is 13.2 Å². The summed E-state index contributed by atoms with van der Waals surface area (Å²) in [4.78, 5) is 4.29. The Balaban J connectivity index is 1.98. The standard InChI is InChI=1S/C11H7F3N4O3S2/c12-11(13,14)21-7-3-1-6(2-4-7)8-5-16-9-18(8)17-10(22-9)23(15,19)20/h1-5H,(H2,15,19,20). The van der Waals surface area contributed by atoms with Gasteiger partial charge in [0, 0.05) is 5.56 Å². The predicted octanol–water partition coefficient (Wildman–Crippen LogP) is 2.00. The molecular formula is C11H7F3N4O3S2. The van der Waals surface area contributed by atoms with E-state index in [1.54, 1.807) is 0 Å². The maximum atomic E-state index is 12.1. The number of primary sulfonamides is 1. The third-order valence-electron chi connectivity index (χ3n) is 2.69. The smallest absolute Gasteiger partial charge is 0.406 e. The number of halogens is 3. The first-order chi connectivity index (χ1) is 10.6. The molecule has 0 aliphatic heterocycles. The van der Waals surface area contributed by atoms with Crippen LogP contribution in [-0.4, -0.2) is 29.4 Å². The zero-order chi connectivity index (χ0) is 16.8. The molecule has 0 fully saturated rings. The van der Waals surface area contributed by atoms with Crippen molar-refractivity contribution in [2.45, 2.75) is 10.7 Å². The monoisotopic (exact) mass is 364 g/mol. The molecule has 0 atom stereocenters. The van der Waals surface area contributed by atoms with E-state index in [0.29, 0.717) is 16.2 Å². The molecular weight excluding hydrogens is 357 g/mol. The highest BCUT2D eigenvalue weighted by Gasteiger charge is 2.31. The number of benzene rings is 1. The molecule has 12 heteroatoms. The van der Waals surface area contributed by atoms with Gasteiger partial charge in [0.05, 0.1) is 11.9 Å². The van der Waals surface area contributed by atoms with Gasteiger partial charge in [-0.25, -0.2) is 23.1 Å². The van der Waals surface area contributed by atoms with Crippen LogP contribution in [0.15, 0.2) is 34.8 Å². The summed E-state index contributed by atoms with van der Waals surface area (Å²) in [6.45, 7) is 0. The van der Waals surface area contributed by atoms with Gasteiger partial charge in [-0.3, -0.25) is 0 Å². The first-order valence-electron chi connectivity index (χ1n) is 5.87. The molecule has 0 aliphatic rings. The van der Waals surface area contributed by atoms with Crippen molar-refractivity contribution in [1.29, 1.82) is 0 Å². The van der Waals surface area contributed by atoms with E-state index in [-0.39, 0.29) is 10.1 Å². The second kappa shape index (κ2) is 5.18. The summed E-state index contributed by atoms with van der Waals surface area (Å²) in [5, 5.41) is 8.85. The Kier molecular flexibility index (Phi) is 3.54. The van der Waals surface area contributed by atoms with E-state index in [0.717, 1.165) is 23.5 Å². The van der Waals surface area contributed by atoms with E-state index in [9.17, 15) is 21.6 Å². The van der Waals surface area contributed by atoms with Crippen LogP contribution in [0.25, 0.3) is 16.2 Å². The van der Waals surface area contributed by atoms with Crippen LogP contribution in [0.2, 0.25) is 0 Å². The zero-order valence-corrected chi connectivity index (χ0v) is 12.6. The SMILES string of the molecule is NS(=O)(=O)c1nn2c(-c3ccc(OC(F)(F)F)cc3)cnc2s1. The third-order valence-corrected chi connectivity index (χ3v) is 4.93. The molecule has 0 bridgehead atoms. The average Bonchev–Trinajstić information content (AvgIpc) is 2.97. The Labute approximate surface area is 131 Å². The van der Waals surface area contributed by atoms with E-state index < -0.39 is 16.4 Å². The number of ether oxygens (including phenoxy) is 1. The molecule has 0 aliphatic carbocycles. The largest absolute Gasteiger partial charge is 0.573 e. The number of imidazole rings is 1. The van der Waals surface area contributed by atoms with Crippen molar-refractivity contribution in [2.24, 2.45) is 5.14 Å². The molecule has 1 aromatic carbocycles. The van der Waals surface area contributed by atoms with E-state index in [2.05, 4.69) is 14.8 Å².